The second-order valence-corrected chi connectivity index (χ2v) is 7.87. The number of sulfonamides is 1. The fourth-order valence-electron chi connectivity index (χ4n) is 2.48. The topological polar surface area (TPSA) is 58.2 Å². The Hall–Kier alpha value is -0.430. The Bertz CT molecular complexity index is 496. The molecule has 0 aromatic carbocycles. The van der Waals surface area contributed by atoms with Gasteiger partial charge in [0.2, 0.25) is 10.0 Å². The molecule has 108 valence electrons. The first-order chi connectivity index (χ1) is 9.12. The van der Waals surface area contributed by atoms with Crippen molar-refractivity contribution in [2.75, 3.05) is 19.3 Å². The smallest absolute Gasteiger partial charge is 0.212 e. The molecule has 0 spiro atoms. The fraction of sp³-hybridized carbons (Fsp3) is 0.692. The van der Waals surface area contributed by atoms with E-state index in [2.05, 4.69) is 21.5 Å². The molecule has 1 atom stereocenters. The number of thiophene rings is 1. The largest absolute Gasteiger partial charge is 0.320 e. The summed E-state index contributed by atoms with van der Waals surface area (Å²) in [5, 5.41) is 5.09. The Morgan fingerprint density at radius 1 is 1.42 bits per heavy atom. The van der Waals surface area contributed by atoms with E-state index in [1.807, 2.05) is 7.05 Å². The Kier molecular flexibility index (Phi) is 5.38. The average Bonchev–Trinajstić information content (AvgIpc) is 2.84. The van der Waals surface area contributed by atoms with Crippen LogP contribution in [0, 0.1) is 0 Å². The van der Waals surface area contributed by atoms with Gasteiger partial charge in [-0.3, -0.25) is 0 Å². The van der Waals surface area contributed by atoms with Crippen molar-refractivity contribution in [2.45, 2.75) is 38.1 Å². The van der Waals surface area contributed by atoms with Crippen LogP contribution in [0.2, 0.25) is 0 Å². The van der Waals surface area contributed by atoms with Gasteiger partial charge in [0.1, 0.15) is 0 Å². The van der Waals surface area contributed by atoms with E-state index in [1.165, 1.54) is 10.4 Å². The molecule has 1 heterocycles. The van der Waals surface area contributed by atoms with Crippen LogP contribution in [0.5, 0.6) is 0 Å². The number of aryl methyl sites for hydroxylation is 1. The Balaban J connectivity index is 1.91. The molecule has 19 heavy (non-hydrogen) atoms. The molecule has 0 bridgehead atoms. The van der Waals surface area contributed by atoms with E-state index in [0.717, 1.165) is 32.2 Å². The Morgan fingerprint density at radius 2 is 2.26 bits per heavy atom. The normalized spacial score (nSPS) is 19.3. The van der Waals surface area contributed by atoms with Gasteiger partial charge >= 0.3 is 0 Å². The lowest BCUT2D eigenvalue weighted by atomic mass is 9.95. The monoisotopic (exact) mass is 302 g/mol. The van der Waals surface area contributed by atoms with Gasteiger partial charge in [0.05, 0.1) is 5.75 Å². The quantitative estimate of drug-likeness (QED) is 0.758. The lowest BCUT2D eigenvalue weighted by Gasteiger charge is -2.23. The molecule has 2 rings (SSSR count). The summed E-state index contributed by atoms with van der Waals surface area (Å²) in [5.41, 5.74) is 1.19. The molecule has 2 N–H and O–H groups in total. The minimum Gasteiger partial charge on any atom is -0.320 e. The summed E-state index contributed by atoms with van der Waals surface area (Å²) < 4.78 is 27.0. The fourth-order valence-corrected chi connectivity index (χ4v) is 4.85. The lowest BCUT2D eigenvalue weighted by Crippen LogP contribution is -2.32. The highest BCUT2D eigenvalue weighted by molar-refractivity contribution is 7.89. The van der Waals surface area contributed by atoms with Gasteiger partial charge in [0.15, 0.2) is 0 Å². The van der Waals surface area contributed by atoms with Gasteiger partial charge < -0.3 is 5.32 Å². The summed E-state index contributed by atoms with van der Waals surface area (Å²) in [5.74, 6) is 0.227. The zero-order valence-corrected chi connectivity index (χ0v) is 12.9. The maximum atomic E-state index is 12.1. The first-order valence-corrected chi connectivity index (χ1v) is 9.36. The Labute approximate surface area is 119 Å². The van der Waals surface area contributed by atoms with Crippen molar-refractivity contribution < 1.29 is 8.42 Å². The summed E-state index contributed by atoms with van der Waals surface area (Å²) in [6, 6.07) is 2.05. The van der Waals surface area contributed by atoms with E-state index in [-0.39, 0.29) is 11.8 Å². The second kappa shape index (κ2) is 6.83. The average molecular weight is 302 g/mol. The number of unbranched alkanes of at least 4 members (excludes halogenated alkanes) is 1. The van der Waals surface area contributed by atoms with Crippen molar-refractivity contribution in [3.8, 4) is 0 Å². The molecule has 0 amide bonds. The summed E-state index contributed by atoms with van der Waals surface area (Å²) in [7, 11) is -1.27. The van der Waals surface area contributed by atoms with Crippen LogP contribution < -0.4 is 10.0 Å². The van der Waals surface area contributed by atoms with Gasteiger partial charge in [-0.05, 0) is 62.7 Å². The highest BCUT2D eigenvalue weighted by atomic mass is 32.2. The summed E-state index contributed by atoms with van der Waals surface area (Å²) in [6.45, 7) is 0.869. The van der Waals surface area contributed by atoms with E-state index in [4.69, 9.17) is 0 Å². The lowest BCUT2D eigenvalue weighted by molar-refractivity contribution is 0.509. The van der Waals surface area contributed by atoms with Gasteiger partial charge in [0.25, 0.3) is 0 Å². The molecule has 0 radical (unpaired) electrons. The molecule has 0 saturated heterocycles. The van der Waals surface area contributed by atoms with Crippen molar-refractivity contribution in [1.82, 2.24) is 10.0 Å². The van der Waals surface area contributed by atoms with Crippen LogP contribution in [0.3, 0.4) is 0 Å². The number of hydrogen-bond acceptors (Lipinski definition) is 4. The first-order valence-electron chi connectivity index (χ1n) is 6.83. The molecule has 4 nitrogen and oxygen atoms in total. The van der Waals surface area contributed by atoms with E-state index in [1.54, 1.807) is 11.3 Å². The van der Waals surface area contributed by atoms with E-state index >= 15 is 0 Å². The third-order valence-corrected chi connectivity index (χ3v) is 5.93. The van der Waals surface area contributed by atoms with Crippen LogP contribution in [0.25, 0.3) is 0 Å². The van der Waals surface area contributed by atoms with Gasteiger partial charge in [-0.1, -0.05) is 0 Å². The van der Waals surface area contributed by atoms with Gasteiger partial charge in [-0.2, -0.15) is 0 Å². The molecule has 0 saturated carbocycles. The molecular weight excluding hydrogens is 280 g/mol. The zero-order chi connectivity index (χ0) is 13.7. The highest BCUT2D eigenvalue weighted by Crippen LogP contribution is 2.33. The van der Waals surface area contributed by atoms with Gasteiger partial charge in [-0.15, -0.1) is 11.3 Å². The zero-order valence-electron chi connectivity index (χ0n) is 11.3. The summed E-state index contributed by atoms with van der Waals surface area (Å²) in [6.07, 6.45) is 4.68. The SMILES string of the molecule is CNCCCCS(=O)(=O)NC1CCCc2sccc21. The van der Waals surface area contributed by atoms with Crippen LogP contribution in [0.4, 0.5) is 0 Å². The Morgan fingerprint density at radius 3 is 3.05 bits per heavy atom. The van der Waals surface area contributed by atoms with Crippen LogP contribution in [-0.2, 0) is 16.4 Å². The van der Waals surface area contributed by atoms with Crippen LogP contribution in [0.1, 0.15) is 42.2 Å². The highest BCUT2D eigenvalue weighted by Gasteiger charge is 2.25. The molecule has 1 aromatic heterocycles. The van der Waals surface area contributed by atoms with Crippen molar-refractivity contribution >= 4 is 21.4 Å². The maximum Gasteiger partial charge on any atom is 0.212 e. The minimum absolute atomic E-state index is 0.00991. The van der Waals surface area contributed by atoms with Crippen molar-refractivity contribution in [3.63, 3.8) is 0 Å². The minimum atomic E-state index is -3.16. The van der Waals surface area contributed by atoms with E-state index < -0.39 is 10.0 Å². The predicted octanol–water partition coefficient (Wildman–Crippen LogP) is 2.04. The van der Waals surface area contributed by atoms with Gasteiger partial charge in [0, 0.05) is 10.9 Å². The molecule has 1 aromatic rings. The third kappa shape index (κ3) is 4.27. The number of nitrogens with one attached hydrogen (secondary N) is 2. The second-order valence-electron chi connectivity index (χ2n) is 4.99. The van der Waals surface area contributed by atoms with E-state index in [9.17, 15) is 8.42 Å². The van der Waals surface area contributed by atoms with Crippen LogP contribution in [-0.4, -0.2) is 27.8 Å². The number of fused-ring (bicyclic) bond motifs is 1. The standard InChI is InChI=1S/C13H22N2O2S2/c1-14-8-2-3-10-19(16,17)15-12-5-4-6-13-11(12)7-9-18-13/h7,9,12,14-15H,2-6,8,10H2,1H3. The molecular formula is C13H22N2O2S2. The summed E-state index contributed by atoms with van der Waals surface area (Å²) in [4.78, 5) is 1.34. The molecule has 1 unspecified atom stereocenters. The van der Waals surface area contributed by atoms with Gasteiger partial charge in [-0.25, -0.2) is 13.1 Å². The molecule has 1 aliphatic rings. The maximum absolute atomic E-state index is 12.1. The molecule has 1 aliphatic carbocycles. The molecule has 6 heteroatoms. The number of hydrogen-bond donors (Lipinski definition) is 2. The van der Waals surface area contributed by atoms with E-state index in [0.29, 0.717) is 6.42 Å². The summed E-state index contributed by atoms with van der Waals surface area (Å²) >= 11 is 1.74. The van der Waals surface area contributed by atoms with Crippen LogP contribution >= 0.6 is 11.3 Å². The van der Waals surface area contributed by atoms with Crippen molar-refractivity contribution in [2.24, 2.45) is 0 Å². The third-order valence-electron chi connectivity index (χ3n) is 3.46. The first kappa shape index (κ1) is 15.0. The van der Waals surface area contributed by atoms with Crippen LogP contribution in [0.15, 0.2) is 11.4 Å². The van der Waals surface area contributed by atoms with Crippen molar-refractivity contribution in [3.05, 3.63) is 21.9 Å². The number of rotatable bonds is 7. The molecule has 0 aliphatic heterocycles. The predicted molar refractivity (Wildman–Crippen MR) is 80.1 cm³/mol. The molecule has 0 fully saturated rings. The van der Waals surface area contributed by atoms with Crippen molar-refractivity contribution in [1.29, 1.82) is 0 Å².